The Hall–Kier alpha value is -1.35. The molecule has 2 aromatic carbocycles. The summed E-state index contributed by atoms with van der Waals surface area (Å²) in [6, 6.07) is 15.1. The van der Waals surface area contributed by atoms with E-state index >= 15 is 0 Å². The Morgan fingerprint density at radius 2 is 1.84 bits per heavy atom. The third-order valence-electron chi connectivity index (χ3n) is 3.28. The number of aryl methyl sites for hydroxylation is 1. The predicted molar refractivity (Wildman–Crippen MR) is 79.3 cm³/mol. The zero-order chi connectivity index (χ0) is 13.8. The van der Waals surface area contributed by atoms with Gasteiger partial charge in [-0.2, -0.15) is 0 Å². The van der Waals surface area contributed by atoms with Gasteiger partial charge in [-0.1, -0.05) is 54.1 Å². The lowest BCUT2D eigenvalue weighted by atomic mass is 9.96. The van der Waals surface area contributed by atoms with Gasteiger partial charge in [-0.05, 0) is 29.7 Å². The highest BCUT2D eigenvalue weighted by molar-refractivity contribution is 6.31. The normalized spacial score (nSPS) is 14.1. The largest absolute Gasteiger partial charge is 0.391 e. The smallest absolute Gasteiger partial charge is 0.0773 e. The van der Waals surface area contributed by atoms with E-state index < -0.39 is 12.1 Å². The first-order valence-electron chi connectivity index (χ1n) is 6.31. The Labute approximate surface area is 118 Å². The Balaban J connectivity index is 2.10. The molecule has 0 spiro atoms. The number of aliphatic hydroxyl groups excluding tert-OH is 1. The van der Waals surface area contributed by atoms with E-state index in [9.17, 15) is 5.11 Å². The maximum atomic E-state index is 10.2. The first-order chi connectivity index (χ1) is 9.08. The summed E-state index contributed by atoms with van der Waals surface area (Å²) in [5.41, 5.74) is 9.04. The second-order valence-electron chi connectivity index (χ2n) is 4.79. The summed E-state index contributed by atoms with van der Waals surface area (Å²) < 4.78 is 0. The van der Waals surface area contributed by atoms with E-state index in [1.807, 2.05) is 55.5 Å². The van der Waals surface area contributed by atoms with Crippen LogP contribution in [0.2, 0.25) is 5.02 Å². The van der Waals surface area contributed by atoms with Crippen LogP contribution in [0.25, 0.3) is 0 Å². The minimum atomic E-state index is -0.624. The molecular formula is C16H18ClNO. The predicted octanol–water partition coefficient (Wildman–Crippen LogP) is 3.25. The van der Waals surface area contributed by atoms with Gasteiger partial charge in [-0.25, -0.2) is 0 Å². The SMILES string of the molecule is Cc1ccc([C@@H](N)[C@@H](O)Cc2ccccc2)cc1Cl. The molecule has 0 aromatic heterocycles. The number of nitrogens with two attached hydrogens (primary N) is 1. The lowest BCUT2D eigenvalue weighted by Crippen LogP contribution is -2.28. The summed E-state index contributed by atoms with van der Waals surface area (Å²) >= 11 is 6.09. The molecule has 0 aliphatic rings. The number of benzene rings is 2. The van der Waals surface area contributed by atoms with E-state index in [0.717, 1.165) is 16.7 Å². The first-order valence-corrected chi connectivity index (χ1v) is 6.69. The van der Waals surface area contributed by atoms with Gasteiger partial charge in [0.2, 0.25) is 0 Å². The topological polar surface area (TPSA) is 46.2 Å². The Kier molecular flexibility index (Phi) is 4.59. The molecule has 0 heterocycles. The van der Waals surface area contributed by atoms with Gasteiger partial charge in [0.05, 0.1) is 12.1 Å². The van der Waals surface area contributed by atoms with Crippen molar-refractivity contribution in [1.29, 1.82) is 0 Å². The summed E-state index contributed by atoms with van der Waals surface area (Å²) in [6.07, 6.45) is -0.0887. The van der Waals surface area contributed by atoms with Crippen LogP contribution < -0.4 is 5.73 Å². The molecule has 2 aromatic rings. The molecule has 0 saturated heterocycles. The van der Waals surface area contributed by atoms with E-state index in [1.165, 1.54) is 0 Å². The quantitative estimate of drug-likeness (QED) is 0.900. The van der Waals surface area contributed by atoms with Crippen LogP contribution >= 0.6 is 11.6 Å². The van der Waals surface area contributed by atoms with Crippen LogP contribution in [0.15, 0.2) is 48.5 Å². The van der Waals surface area contributed by atoms with Crippen LogP contribution in [-0.4, -0.2) is 11.2 Å². The molecule has 3 heteroatoms. The summed E-state index contributed by atoms with van der Waals surface area (Å²) in [5, 5.41) is 10.9. The Bertz CT molecular complexity index is 542. The lowest BCUT2D eigenvalue weighted by Gasteiger charge is -2.20. The fourth-order valence-electron chi connectivity index (χ4n) is 2.02. The average Bonchev–Trinajstić information content (AvgIpc) is 2.42. The molecular weight excluding hydrogens is 258 g/mol. The van der Waals surface area contributed by atoms with Crippen molar-refractivity contribution in [3.63, 3.8) is 0 Å². The summed E-state index contributed by atoms with van der Waals surface area (Å²) in [6.45, 7) is 1.94. The molecule has 19 heavy (non-hydrogen) atoms. The molecule has 100 valence electrons. The molecule has 0 radical (unpaired) electrons. The number of rotatable bonds is 4. The van der Waals surface area contributed by atoms with Gasteiger partial charge in [0.1, 0.15) is 0 Å². The van der Waals surface area contributed by atoms with Gasteiger partial charge < -0.3 is 10.8 Å². The van der Waals surface area contributed by atoms with Crippen molar-refractivity contribution in [3.8, 4) is 0 Å². The molecule has 0 bridgehead atoms. The highest BCUT2D eigenvalue weighted by atomic mass is 35.5. The fourth-order valence-corrected chi connectivity index (χ4v) is 2.21. The van der Waals surface area contributed by atoms with Crippen LogP contribution in [-0.2, 0) is 6.42 Å². The standard InChI is InChI=1S/C16H18ClNO/c1-11-7-8-13(10-14(11)17)16(18)15(19)9-12-5-3-2-4-6-12/h2-8,10,15-16,19H,9,18H2,1H3/t15-,16+/m0/s1. The molecule has 0 aliphatic carbocycles. The first kappa shape index (κ1) is 14.1. The number of hydrogen-bond donors (Lipinski definition) is 2. The fraction of sp³-hybridized carbons (Fsp3) is 0.250. The second-order valence-corrected chi connectivity index (χ2v) is 5.20. The van der Waals surface area contributed by atoms with Gasteiger partial charge >= 0.3 is 0 Å². The van der Waals surface area contributed by atoms with Gasteiger partial charge in [0.25, 0.3) is 0 Å². The number of hydrogen-bond acceptors (Lipinski definition) is 2. The van der Waals surface area contributed by atoms with Crippen molar-refractivity contribution in [2.45, 2.75) is 25.5 Å². The third-order valence-corrected chi connectivity index (χ3v) is 3.69. The van der Waals surface area contributed by atoms with Crippen molar-refractivity contribution >= 4 is 11.6 Å². The Morgan fingerprint density at radius 1 is 1.16 bits per heavy atom. The van der Waals surface area contributed by atoms with E-state index in [1.54, 1.807) is 0 Å². The van der Waals surface area contributed by atoms with Gasteiger partial charge in [-0.15, -0.1) is 0 Å². The van der Waals surface area contributed by atoms with Crippen LogP contribution in [0, 0.1) is 6.92 Å². The maximum absolute atomic E-state index is 10.2. The molecule has 0 aliphatic heterocycles. The van der Waals surface area contributed by atoms with Gasteiger partial charge in [0, 0.05) is 11.4 Å². The molecule has 0 unspecified atom stereocenters. The number of aliphatic hydroxyl groups is 1. The van der Waals surface area contributed by atoms with Crippen molar-refractivity contribution < 1.29 is 5.11 Å². The molecule has 0 saturated carbocycles. The third kappa shape index (κ3) is 3.57. The molecule has 2 rings (SSSR count). The van der Waals surface area contributed by atoms with Crippen molar-refractivity contribution in [2.24, 2.45) is 5.73 Å². The Morgan fingerprint density at radius 3 is 2.47 bits per heavy atom. The second kappa shape index (κ2) is 6.20. The van der Waals surface area contributed by atoms with Crippen LogP contribution in [0.1, 0.15) is 22.7 Å². The van der Waals surface area contributed by atoms with E-state index in [-0.39, 0.29) is 0 Å². The maximum Gasteiger partial charge on any atom is 0.0773 e. The van der Waals surface area contributed by atoms with E-state index in [2.05, 4.69) is 0 Å². The zero-order valence-corrected chi connectivity index (χ0v) is 11.6. The van der Waals surface area contributed by atoms with Gasteiger partial charge in [0.15, 0.2) is 0 Å². The van der Waals surface area contributed by atoms with Crippen LogP contribution in [0.4, 0.5) is 0 Å². The average molecular weight is 276 g/mol. The molecule has 3 N–H and O–H groups in total. The summed E-state index contributed by atoms with van der Waals surface area (Å²) in [4.78, 5) is 0. The highest BCUT2D eigenvalue weighted by Gasteiger charge is 2.17. The van der Waals surface area contributed by atoms with Crippen molar-refractivity contribution in [1.82, 2.24) is 0 Å². The minimum Gasteiger partial charge on any atom is -0.391 e. The monoisotopic (exact) mass is 275 g/mol. The molecule has 0 fully saturated rings. The minimum absolute atomic E-state index is 0.432. The van der Waals surface area contributed by atoms with Crippen molar-refractivity contribution in [3.05, 3.63) is 70.2 Å². The summed E-state index contributed by atoms with van der Waals surface area (Å²) in [5.74, 6) is 0. The lowest BCUT2D eigenvalue weighted by molar-refractivity contribution is 0.145. The number of halogens is 1. The van der Waals surface area contributed by atoms with E-state index in [4.69, 9.17) is 17.3 Å². The van der Waals surface area contributed by atoms with E-state index in [0.29, 0.717) is 11.4 Å². The molecule has 2 nitrogen and oxygen atoms in total. The highest BCUT2D eigenvalue weighted by Crippen LogP contribution is 2.23. The zero-order valence-electron chi connectivity index (χ0n) is 10.9. The van der Waals surface area contributed by atoms with Crippen LogP contribution in [0.3, 0.4) is 0 Å². The van der Waals surface area contributed by atoms with Crippen LogP contribution in [0.5, 0.6) is 0 Å². The van der Waals surface area contributed by atoms with Gasteiger partial charge in [-0.3, -0.25) is 0 Å². The molecule has 2 atom stereocenters. The van der Waals surface area contributed by atoms with Crippen molar-refractivity contribution in [2.75, 3.05) is 0 Å². The summed E-state index contributed by atoms with van der Waals surface area (Å²) in [7, 11) is 0. The molecule has 0 amide bonds.